The number of aliphatic hydroxyl groups is 2. The van der Waals surface area contributed by atoms with Crippen LogP contribution in [-0.4, -0.2) is 69.6 Å². The number of hydrogen-bond acceptors (Lipinski definition) is 11. The molecule has 0 amide bonds. The fourth-order valence-corrected chi connectivity index (χ4v) is 4.54. The summed E-state index contributed by atoms with van der Waals surface area (Å²) in [4.78, 5) is 23.7. The van der Waals surface area contributed by atoms with E-state index in [1.807, 2.05) is 0 Å². The molecule has 4 atom stereocenters. The summed E-state index contributed by atoms with van der Waals surface area (Å²) in [6.45, 7) is 1.78. The van der Waals surface area contributed by atoms with Gasteiger partial charge in [0.1, 0.15) is 30.7 Å². The second-order valence-corrected chi connectivity index (χ2v) is 8.83. The van der Waals surface area contributed by atoms with Gasteiger partial charge >= 0.3 is 0 Å². The molecule has 2 aromatic heterocycles. The summed E-state index contributed by atoms with van der Waals surface area (Å²) in [5.41, 5.74) is 12.5. The highest BCUT2D eigenvalue weighted by atomic mass is 19.1. The van der Waals surface area contributed by atoms with Crippen molar-refractivity contribution in [3.05, 3.63) is 64.7 Å². The molecular weight excluding hydrogens is 483 g/mol. The van der Waals surface area contributed by atoms with Gasteiger partial charge in [0.15, 0.2) is 5.84 Å². The summed E-state index contributed by atoms with van der Waals surface area (Å²) >= 11 is 0. The first-order chi connectivity index (χ1) is 17.8. The van der Waals surface area contributed by atoms with Crippen molar-refractivity contribution < 1.29 is 28.9 Å². The van der Waals surface area contributed by atoms with E-state index in [0.29, 0.717) is 46.3 Å². The van der Waals surface area contributed by atoms with E-state index in [4.69, 9.17) is 25.0 Å². The minimum absolute atomic E-state index is 0.0267. The Morgan fingerprint density at radius 2 is 2.03 bits per heavy atom. The van der Waals surface area contributed by atoms with Gasteiger partial charge < -0.3 is 25.4 Å². The quantitative estimate of drug-likeness (QED) is 0.356. The lowest BCUT2D eigenvalue weighted by Gasteiger charge is -2.26. The van der Waals surface area contributed by atoms with Crippen LogP contribution in [0, 0.1) is 12.7 Å². The number of aryl methyl sites for hydroxylation is 1. The molecule has 12 heteroatoms. The Kier molecular flexibility index (Phi) is 6.98. The third-order valence-corrected chi connectivity index (χ3v) is 6.35. The van der Waals surface area contributed by atoms with E-state index in [1.54, 1.807) is 31.2 Å². The number of pyridine rings is 1. The smallest absolute Gasteiger partial charge is 0.220 e. The molecule has 0 radical (unpaired) electrons. The molecule has 1 fully saturated rings. The van der Waals surface area contributed by atoms with Crippen molar-refractivity contribution in [1.29, 1.82) is 0 Å². The molecule has 1 aromatic carbocycles. The lowest BCUT2D eigenvalue weighted by molar-refractivity contribution is -0.0457. The van der Waals surface area contributed by atoms with Gasteiger partial charge in [-0.15, -0.1) is 0 Å². The van der Waals surface area contributed by atoms with Crippen LogP contribution in [0.2, 0.25) is 0 Å². The second-order valence-electron chi connectivity index (χ2n) is 8.83. The molecule has 11 nitrogen and oxygen atoms in total. The van der Waals surface area contributed by atoms with Crippen molar-refractivity contribution in [3.8, 4) is 17.1 Å². The Morgan fingerprint density at radius 1 is 1.19 bits per heavy atom. The van der Waals surface area contributed by atoms with Gasteiger partial charge in [-0.1, -0.05) is 12.1 Å². The number of benzene rings is 1. The van der Waals surface area contributed by atoms with Gasteiger partial charge in [-0.05, 0) is 30.7 Å². The van der Waals surface area contributed by atoms with Crippen molar-refractivity contribution in [3.63, 3.8) is 0 Å². The van der Waals surface area contributed by atoms with Crippen molar-refractivity contribution in [2.75, 3.05) is 26.1 Å². The average Bonchev–Trinajstić information content (AvgIpc) is 3.20. The fraction of sp³-hybridized carbons (Fsp3) is 0.360. The molecule has 3 aromatic rings. The number of aliphatic hydroxyl groups excluding tert-OH is 2. The zero-order valence-electron chi connectivity index (χ0n) is 20.3. The van der Waals surface area contributed by atoms with Crippen LogP contribution < -0.4 is 16.0 Å². The third kappa shape index (κ3) is 5.09. The molecule has 1 saturated heterocycles. The Bertz CT molecular complexity index is 1340. The first-order valence-corrected chi connectivity index (χ1v) is 11.7. The number of aliphatic imine (C=N–C) groups is 1. The van der Waals surface area contributed by atoms with Crippen molar-refractivity contribution in [2.45, 2.75) is 37.7 Å². The van der Waals surface area contributed by atoms with E-state index in [9.17, 15) is 14.6 Å². The summed E-state index contributed by atoms with van der Waals surface area (Å²) in [5.74, 6) is 0.469. The maximum atomic E-state index is 14.4. The number of fused-ring (bicyclic) bond motifs is 1. The third-order valence-electron chi connectivity index (χ3n) is 6.35. The molecule has 5 rings (SSSR count). The van der Waals surface area contributed by atoms with E-state index < -0.39 is 30.2 Å². The fourth-order valence-electron chi connectivity index (χ4n) is 4.54. The van der Waals surface area contributed by atoms with E-state index in [2.05, 4.69) is 20.4 Å². The van der Waals surface area contributed by atoms with Gasteiger partial charge in [0.25, 0.3) is 0 Å². The molecule has 0 spiro atoms. The van der Waals surface area contributed by atoms with E-state index in [1.165, 1.54) is 19.2 Å². The lowest BCUT2D eigenvalue weighted by Crippen LogP contribution is -2.38. The standard InChI is InChI=1S/C25H27FN6O5/c1-12-22-18(31-25(27)28-12)9-17(30-24(22)32-37-11-20-23(34)19(33)10-36-20)14-7-6-13(26)8-15(14)16-4-3-5-21(29-16)35-2/h3-8,17,19-20,23,33-34H,9-11H2,1-2H3,(H,30,32)(H2,27,28,31)/t17?,19-,20+,23-/m0/s1. The second kappa shape index (κ2) is 10.3. The number of nitrogens with two attached hydrogens (primary N) is 1. The van der Waals surface area contributed by atoms with Crippen LogP contribution >= 0.6 is 0 Å². The van der Waals surface area contributed by atoms with E-state index >= 15 is 0 Å². The summed E-state index contributed by atoms with van der Waals surface area (Å²) in [5, 5.41) is 19.7. The maximum Gasteiger partial charge on any atom is 0.220 e. The Balaban J connectivity index is 1.50. The van der Waals surface area contributed by atoms with Crippen LogP contribution in [0.3, 0.4) is 0 Å². The molecule has 37 heavy (non-hydrogen) atoms. The van der Waals surface area contributed by atoms with Gasteiger partial charge in [0, 0.05) is 18.1 Å². The molecule has 2 aliphatic rings. The molecule has 4 heterocycles. The molecule has 194 valence electrons. The normalized spacial score (nSPS) is 22.9. The predicted molar refractivity (Wildman–Crippen MR) is 131 cm³/mol. The van der Waals surface area contributed by atoms with Gasteiger partial charge in [-0.2, -0.15) is 0 Å². The maximum absolute atomic E-state index is 14.4. The number of methoxy groups -OCH3 is 1. The Morgan fingerprint density at radius 3 is 2.78 bits per heavy atom. The zero-order chi connectivity index (χ0) is 26.1. The van der Waals surface area contributed by atoms with Gasteiger partial charge in [0.05, 0.1) is 42.4 Å². The number of amidine groups is 1. The number of aromatic nitrogens is 3. The minimum Gasteiger partial charge on any atom is -0.481 e. The van der Waals surface area contributed by atoms with Crippen molar-refractivity contribution in [1.82, 2.24) is 20.4 Å². The summed E-state index contributed by atoms with van der Waals surface area (Å²) in [6.07, 6.45) is -2.34. The predicted octanol–water partition coefficient (Wildman–Crippen LogP) is 1.26. The van der Waals surface area contributed by atoms with Crippen LogP contribution in [0.4, 0.5) is 10.3 Å². The number of anilines is 1. The van der Waals surface area contributed by atoms with Crippen molar-refractivity contribution >= 4 is 11.8 Å². The molecular formula is C25H27FN6O5. The molecule has 5 N–H and O–H groups in total. The van der Waals surface area contributed by atoms with E-state index in [0.717, 1.165) is 5.56 Å². The molecule has 2 aliphatic heterocycles. The van der Waals surface area contributed by atoms with Crippen LogP contribution in [0.1, 0.15) is 28.6 Å². The first-order valence-electron chi connectivity index (χ1n) is 11.7. The van der Waals surface area contributed by atoms with Gasteiger partial charge in [0.2, 0.25) is 11.8 Å². The monoisotopic (exact) mass is 510 g/mol. The summed E-state index contributed by atoms with van der Waals surface area (Å²) in [7, 11) is 1.52. The van der Waals surface area contributed by atoms with Gasteiger partial charge in [-0.3, -0.25) is 9.83 Å². The van der Waals surface area contributed by atoms with Crippen molar-refractivity contribution in [2.24, 2.45) is 4.99 Å². The number of hydrogen-bond donors (Lipinski definition) is 4. The number of hydroxylamine groups is 1. The topological polar surface area (TPSA) is 157 Å². The number of rotatable bonds is 6. The number of nitrogens with zero attached hydrogens (tertiary/aromatic N) is 4. The van der Waals surface area contributed by atoms with Crippen LogP contribution in [-0.2, 0) is 16.0 Å². The lowest BCUT2D eigenvalue weighted by atomic mass is 9.91. The Labute approximate surface area is 212 Å². The zero-order valence-corrected chi connectivity index (χ0v) is 20.3. The summed E-state index contributed by atoms with van der Waals surface area (Å²) in [6, 6.07) is 9.24. The molecule has 0 bridgehead atoms. The number of nitrogens with one attached hydrogen (secondary N) is 1. The summed E-state index contributed by atoms with van der Waals surface area (Å²) < 4.78 is 25.0. The number of halogens is 1. The largest absolute Gasteiger partial charge is 0.481 e. The number of nitrogen functional groups attached to an aromatic ring is 1. The SMILES string of the molecule is COc1cccc(-c2cc(F)ccc2C2Cc3nc(N)nc(C)c3C(NOC[C@H]3OC[C@H](O)[C@@H]3O)=N2)n1. The molecule has 1 unspecified atom stereocenters. The average molecular weight is 511 g/mol. The first kappa shape index (κ1) is 25.0. The van der Waals surface area contributed by atoms with Crippen LogP contribution in [0.5, 0.6) is 5.88 Å². The van der Waals surface area contributed by atoms with Crippen LogP contribution in [0.25, 0.3) is 11.3 Å². The van der Waals surface area contributed by atoms with E-state index in [-0.39, 0.29) is 19.2 Å². The van der Waals surface area contributed by atoms with Gasteiger partial charge in [-0.25, -0.2) is 24.8 Å². The number of ether oxygens (including phenoxy) is 2. The molecule has 0 aliphatic carbocycles. The highest BCUT2D eigenvalue weighted by Crippen LogP contribution is 2.36. The minimum atomic E-state index is -1.06. The highest BCUT2D eigenvalue weighted by Gasteiger charge is 2.35. The van der Waals surface area contributed by atoms with Crippen LogP contribution in [0.15, 0.2) is 41.4 Å². The molecule has 0 saturated carbocycles. The Hall–Kier alpha value is -3.71. The highest BCUT2D eigenvalue weighted by molar-refractivity contribution is 6.01.